The van der Waals surface area contributed by atoms with Crippen LogP contribution in [0.25, 0.3) is 11.5 Å². The molecule has 2 aromatic heterocycles. The van der Waals surface area contributed by atoms with Gasteiger partial charge in [-0.15, -0.1) is 23.4 Å². The van der Waals surface area contributed by atoms with Gasteiger partial charge in [-0.1, -0.05) is 18.2 Å². The smallest absolute Gasteiger partial charge is 0.406 e. The largest absolute Gasteiger partial charge is 0.573 e. The van der Waals surface area contributed by atoms with Crippen LogP contribution in [0.3, 0.4) is 0 Å². The SMILES string of the molecule is CC(O)(CS(N)(=O)=O)c1cccc(-c2nnn(Cc3cccc(OC(F)(F)F)c3)n2)n1. The number of primary sulfonamides is 1. The normalized spacial score (nSPS) is 14.3. The van der Waals surface area contributed by atoms with Crippen LogP contribution in [0.4, 0.5) is 13.2 Å². The molecule has 0 amide bonds. The van der Waals surface area contributed by atoms with Crippen molar-refractivity contribution in [1.82, 2.24) is 25.2 Å². The summed E-state index contributed by atoms with van der Waals surface area (Å²) in [7, 11) is -3.97. The quantitative estimate of drug-likeness (QED) is 0.537. The van der Waals surface area contributed by atoms with Crippen LogP contribution >= 0.6 is 0 Å². The Morgan fingerprint density at radius 1 is 1.19 bits per heavy atom. The van der Waals surface area contributed by atoms with Crippen LogP contribution in [0.2, 0.25) is 0 Å². The Balaban J connectivity index is 1.80. The van der Waals surface area contributed by atoms with Gasteiger partial charge < -0.3 is 9.84 Å². The molecule has 0 aliphatic rings. The third kappa shape index (κ3) is 6.44. The first-order chi connectivity index (χ1) is 14.3. The number of pyridine rings is 1. The summed E-state index contributed by atoms with van der Waals surface area (Å²) in [6, 6.07) is 9.79. The molecule has 0 saturated carbocycles. The van der Waals surface area contributed by atoms with Crippen molar-refractivity contribution in [3.8, 4) is 17.3 Å². The molecule has 0 aliphatic heterocycles. The monoisotopic (exact) mass is 458 g/mol. The Kier molecular flexibility index (Phi) is 5.98. The van der Waals surface area contributed by atoms with E-state index in [9.17, 15) is 26.7 Å². The van der Waals surface area contributed by atoms with E-state index in [0.717, 1.165) is 4.80 Å². The molecule has 3 aromatic rings. The highest BCUT2D eigenvalue weighted by Crippen LogP contribution is 2.24. The summed E-state index contributed by atoms with van der Waals surface area (Å²) < 4.78 is 63.7. The number of ether oxygens (including phenoxy) is 1. The summed E-state index contributed by atoms with van der Waals surface area (Å²) >= 11 is 0. The summed E-state index contributed by atoms with van der Waals surface area (Å²) in [5.41, 5.74) is -1.18. The van der Waals surface area contributed by atoms with Crippen LogP contribution in [-0.4, -0.2) is 50.8 Å². The van der Waals surface area contributed by atoms with Gasteiger partial charge in [-0.3, -0.25) is 0 Å². The van der Waals surface area contributed by atoms with Crippen molar-refractivity contribution in [3.63, 3.8) is 0 Å². The molecule has 0 radical (unpaired) electrons. The molecule has 0 aliphatic carbocycles. The maximum absolute atomic E-state index is 12.4. The van der Waals surface area contributed by atoms with Crippen LogP contribution in [0.5, 0.6) is 5.75 Å². The highest BCUT2D eigenvalue weighted by atomic mass is 32.2. The minimum absolute atomic E-state index is 0.00484. The lowest BCUT2D eigenvalue weighted by atomic mass is 10.0. The highest BCUT2D eigenvalue weighted by molar-refractivity contribution is 7.89. The predicted octanol–water partition coefficient (Wildman–Crippen LogP) is 1.18. The lowest BCUT2D eigenvalue weighted by Crippen LogP contribution is -2.35. The molecule has 14 heteroatoms. The Morgan fingerprint density at radius 3 is 2.58 bits per heavy atom. The van der Waals surface area contributed by atoms with Crippen molar-refractivity contribution in [2.45, 2.75) is 25.4 Å². The number of tetrazole rings is 1. The van der Waals surface area contributed by atoms with Gasteiger partial charge in [0.2, 0.25) is 15.8 Å². The van der Waals surface area contributed by atoms with E-state index in [0.29, 0.717) is 5.56 Å². The second-order valence-corrected chi connectivity index (χ2v) is 8.44. The summed E-state index contributed by atoms with van der Waals surface area (Å²) in [5.74, 6) is -1.06. The molecule has 1 unspecified atom stereocenters. The van der Waals surface area contributed by atoms with E-state index in [1.807, 2.05) is 0 Å². The molecular formula is C17H17F3N6O4S. The summed E-state index contributed by atoms with van der Waals surface area (Å²) in [5, 5.41) is 27.2. The molecule has 2 heterocycles. The van der Waals surface area contributed by atoms with E-state index in [-0.39, 0.29) is 29.5 Å². The van der Waals surface area contributed by atoms with Crippen molar-refractivity contribution in [1.29, 1.82) is 0 Å². The van der Waals surface area contributed by atoms with Crippen molar-refractivity contribution in [2.24, 2.45) is 5.14 Å². The number of halogens is 3. The molecule has 3 N–H and O–H groups in total. The molecule has 0 saturated heterocycles. The molecule has 1 aromatic carbocycles. The molecule has 3 rings (SSSR count). The second kappa shape index (κ2) is 8.20. The molecular weight excluding hydrogens is 441 g/mol. The van der Waals surface area contributed by atoms with E-state index in [4.69, 9.17) is 5.14 Å². The molecule has 0 bridgehead atoms. The van der Waals surface area contributed by atoms with Gasteiger partial charge in [0, 0.05) is 0 Å². The van der Waals surface area contributed by atoms with Gasteiger partial charge in [0.15, 0.2) is 0 Å². The third-order valence-corrected chi connectivity index (χ3v) is 4.89. The van der Waals surface area contributed by atoms with E-state index >= 15 is 0 Å². The minimum atomic E-state index is -4.81. The van der Waals surface area contributed by atoms with Gasteiger partial charge in [0.05, 0.1) is 18.0 Å². The number of hydrogen-bond acceptors (Lipinski definition) is 8. The third-order valence-electron chi connectivity index (χ3n) is 3.92. The lowest BCUT2D eigenvalue weighted by molar-refractivity contribution is -0.274. The fourth-order valence-electron chi connectivity index (χ4n) is 2.74. The number of rotatable bonds is 7. The number of sulfonamides is 1. The van der Waals surface area contributed by atoms with Crippen LogP contribution in [0.15, 0.2) is 42.5 Å². The predicted molar refractivity (Wildman–Crippen MR) is 101 cm³/mol. The zero-order valence-corrected chi connectivity index (χ0v) is 16.8. The zero-order valence-electron chi connectivity index (χ0n) is 16.0. The molecule has 166 valence electrons. The van der Waals surface area contributed by atoms with Gasteiger partial charge in [0.25, 0.3) is 0 Å². The molecule has 31 heavy (non-hydrogen) atoms. The summed E-state index contributed by atoms with van der Waals surface area (Å²) in [6.45, 7) is 1.26. The number of nitrogens with zero attached hydrogens (tertiary/aromatic N) is 5. The van der Waals surface area contributed by atoms with Crippen molar-refractivity contribution in [3.05, 3.63) is 53.7 Å². The zero-order chi connectivity index (χ0) is 22.9. The van der Waals surface area contributed by atoms with Gasteiger partial charge in [-0.2, -0.15) is 4.80 Å². The Labute approximate surface area is 174 Å². The molecule has 1 atom stereocenters. The minimum Gasteiger partial charge on any atom is -0.406 e. The van der Waals surface area contributed by atoms with Crippen molar-refractivity contribution < 1.29 is 31.4 Å². The number of aromatic nitrogens is 5. The standard InChI is InChI=1S/C17H17F3N6O4S/c1-16(27,10-31(21,28)29)14-7-3-6-13(22-14)15-23-25-26(24-15)9-11-4-2-5-12(8-11)30-17(18,19)20/h2-8,27H,9-10H2,1H3,(H2,21,28,29). The van der Waals surface area contributed by atoms with Gasteiger partial charge >= 0.3 is 6.36 Å². The van der Waals surface area contributed by atoms with E-state index in [1.165, 1.54) is 43.3 Å². The number of alkyl halides is 3. The molecule has 0 fully saturated rings. The second-order valence-electron chi connectivity index (χ2n) is 6.83. The van der Waals surface area contributed by atoms with Gasteiger partial charge in [-0.05, 0) is 42.0 Å². The maximum atomic E-state index is 12.4. The molecule has 10 nitrogen and oxygen atoms in total. The van der Waals surface area contributed by atoms with Crippen LogP contribution < -0.4 is 9.88 Å². The van der Waals surface area contributed by atoms with Crippen LogP contribution in [-0.2, 0) is 22.2 Å². The lowest BCUT2D eigenvalue weighted by Gasteiger charge is -2.21. The number of aliphatic hydroxyl groups is 1. The van der Waals surface area contributed by atoms with Gasteiger partial charge in [-0.25, -0.2) is 18.5 Å². The molecule has 0 spiro atoms. The van der Waals surface area contributed by atoms with Crippen molar-refractivity contribution in [2.75, 3.05) is 5.75 Å². The Bertz CT molecular complexity index is 1180. The van der Waals surface area contributed by atoms with E-state index in [1.54, 1.807) is 6.07 Å². The Morgan fingerprint density at radius 2 is 1.90 bits per heavy atom. The van der Waals surface area contributed by atoms with Gasteiger partial charge in [0.1, 0.15) is 17.0 Å². The van der Waals surface area contributed by atoms with Crippen LogP contribution in [0.1, 0.15) is 18.2 Å². The van der Waals surface area contributed by atoms with E-state index in [2.05, 4.69) is 25.1 Å². The summed E-state index contributed by atoms with van der Waals surface area (Å²) in [4.78, 5) is 5.32. The first kappa shape index (κ1) is 22.6. The summed E-state index contributed by atoms with van der Waals surface area (Å²) in [6.07, 6.45) is -4.81. The highest BCUT2D eigenvalue weighted by Gasteiger charge is 2.31. The van der Waals surface area contributed by atoms with E-state index < -0.39 is 27.7 Å². The first-order valence-corrected chi connectivity index (χ1v) is 10.4. The number of hydrogen-bond donors (Lipinski definition) is 2. The Hall–Kier alpha value is -3.10. The average Bonchev–Trinajstić information content (AvgIpc) is 3.07. The van der Waals surface area contributed by atoms with Crippen LogP contribution in [0, 0.1) is 0 Å². The fourth-order valence-corrected chi connectivity index (χ4v) is 3.67. The number of benzene rings is 1. The average molecular weight is 458 g/mol. The number of nitrogens with two attached hydrogens (primary N) is 1. The maximum Gasteiger partial charge on any atom is 0.573 e. The fraction of sp³-hybridized carbons (Fsp3) is 0.294. The topological polar surface area (TPSA) is 146 Å². The first-order valence-electron chi connectivity index (χ1n) is 8.64. The van der Waals surface area contributed by atoms with Crippen molar-refractivity contribution >= 4 is 10.0 Å².